The van der Waals surface area contributed by atoms with Crippen molar-refractivity contribution in [1.82, 2.24) is 0 Å². The molecule has 0 amide bonds. The summed E-state index contributed by atoms with van der Waals surface area (Å²) in [7, 11) is -1.48. The fraction of sp³-hybridized carbons (Fsp3) is 1.00. The Morgan fingerprint density at radius 3 is 1.73 bits per heavy atom. The molecule has 0 saturated carbocycles. The molecule has 68 valence electrons. The Bertz CT molecular complexity index is 115. The van der Waals surface area contributed by atoms with Crippen LogP contribution in [0.1, 0.15) is 20.3 Å². The van der Waals surface area contributed by atoms with Crippen molar-refractivity contribution in [3.8, 4) is 0 Å². The van der Waals surface area contributed by atoms with Crippen molar-refractivity contribution in [1.29, 1.82) is 0 Å². The summed E-state index contributed by atoms with van der Waals surface area (Å²) in [5.41, 5.74) is 0. The number of hydrogen-bond donors (Lipinski definition) is 0. The molecule has 0 saturated heterocycles. The maximum absolute atomic E-state index is 6.05. The van der Waals surface area contributed by atoms with Gasteiger partial charge in [-0.2, -0.15) is 0 Å². The van der Waals surface area contributed by atoms with Crippen molar-refractivity contribution < 1.29 is 4.43 Å². The molecule has 0 aromatic heterocycles. The van der Waals surface area contributed by atoms with Gasteiger partial charge in [0.2, 0.25) is 0 Å². The van der Waals surface area contributed by atoms with Crippen LogP contribution in [-0.2, 0) is 4.43 Å². The van der Waals surface area contributed by atoms with Crippen LogP contribution in [0.5, 0.6) is 0 Å². The molecule has 0 aliphatic rings. The molecular weight excluding hydrogens is 168 g/mol. The van der Waals surface area contributed by atoms with Crippen LogP contribution in [0.15, 0.2) is 0 Å². The molecule has 3 heteroatoms. The van der Waals surface area contributed by atoms with E-state index in [-0.39, 0.29) is 5.22 Å². The van der Waals surface area contributed by atoms with Gasteiger partial charge in [0.15, 0.2) is 9.04 Å². The van der Waals surface area contributed by atoms with Crippen molar-refractivity contribution in [3.05, 3.63) is 0 Å². The van der Waals surface area contributed by atoms with E-state index in [4.69, 9.17) is 4.43 Å². The number of hydrogen-bond acceptors (Lipinski definition) is 1. The molecule has 0 heterocycles. The van der Waals surface area contributed by atoms with Crippen molar-refractivity contribution in [2.24, 2.45) is 0 Å². The molecule has 0 aliphatic carbocycles. The van der Waals surface area contributed by atoms with Gasteiger partial charge in [0.1, 0.15) is 0 Å². The molecule has 0 radical (unpaired) electrons. The van der Waals surface area contributed by atoms with Gasteiger partial charge in [-0.1, -0.05) is 20.0 Å². The summed E-state index contributed by atoms with van der Waals surface area (Å²) in [6, 6.07) is 0. The summed E-state index contributed by atoms with van der Waals surface area (Å²) in [6.45, 7) is 13.8. The van der Waals surface area contributed by atoms with Gasteiger partial charge in [0, 0.05) is 5.22 Å². The van der Waals surface area contributed by atoms with E-state index in [0.29, 0.717) is 0 Å². The van der Waals surface area contributed by atoms with E-state index in [1.54, 1.807) is 0 Å². The lowest BCUT2D eigenvalue weighted by molar-refractivity contribution is 0.166. The molecule has 0 rings (SSSR count). The fourth-order valence-electron chi connectivity index (χ4n) is 1.17. The molecule has 1 nitrogen and oxygen atoms in total. The van der Waals surface area contributed by atoms with Crippen molar-refractivity contribution >= 4 is 17.8 Å². The molecule has 1 unspecified atom stereocenters. The summed E-state index contributed by atoms with van der Waals surface area (Å²) >= 11 is 0. The summed E-state index contributed by atoms with van der Waals surface area (Å²) in [5, 5.41) is 0.264. The van der Waals surface area contributed by atoms with Crippen molar-refractivity contribution in [2.75, 3.05) is 0 Å². The van der Waals surface area contributed by atoms with E-state index in [1.165, 1.54) is 6.42 Å². The second kappa shape index (κ2) is 4.43. The zero-order chi connectivity index (χ0) is 9.07. The van der Waals surface area contributed by atoms with Crippen LogP contribution in [0.3, 0.4) is 0 Å². The Balaban J connectivity index is 4.10. The van der Waals surface area contributed by atoms with E-state index in [9.17, 15) is 0 Å². The Kier molecular flexibility index (Phi) is 4.59. The van der Waals surface area contributed by atoms with Crippen molar-refractivity contribution in [3.63, 3.8) is 0 Å². The highest BCUT2D eigenvalue weighted by molar-refractivity contribution is 6.60. The summed E-state index contributed by atoms with van der Waals surface area (Å²) in [5.74, 6) is 0. The fourth-order valence-corrected chi connectivity index (χ4v) is 5.13. The third-order valence-electron chi connectivity index (χ3n) is 2.43. The predicted molar refractivity (Wildman–Crippen MR) is 57.5 cm³/mol. The lowest BCUT2D eigenvalue weighted by atomic mass is 10.3. The minimum atomic E-state index is -0.835. The maximum atomic E-state index is 6.05. The van der Waals surface area contributed by atoms with Crippen LogP contribution in [0.4, 0.5) is 0 Å². The average Bonchev–Trinajstić information content (AvgIpc) is 1.86. The standard InChI is InChI=1S/C8H22OSi2/c1-7-8(2,10(3)4)9-11(5)6/h10-11H,7H2,1-6H3. The van der Waals surface area contributed by atoms with Gasteiger partial charge in [-0.05, 0) is 26.4 Å². The van der Waals surface area contributed by atoms with Crippen LogP contribution >= 0.6 is 0 Å². The Labute approximate surface area is 74.5 Å². The lowest BCUT2D eigenvalue weighted by Gasteiger charge is -2.34. The topological polar surface area (TPSA) is 9.23 Å². The first kappa shape index (κ1) is 11.4. The molecule has 0 fully saturated rings. The Morgan fingerprint density at radius 2 is 1.64 bits per heavy atom. The van der Waals surface area contributed by atoms with E-state index < -0.39 is 17.8 Å². The molecule has 11 heavy (non-hydrogen) atoms. The zero-order valence-corrected chi connectivity index (χ0v) is 11.1. The first-order valence-corrected chi connectivity index (χ1v) is 10.3. The van der Waals surface area contributed by atoms with E-state index in [1.807, 2.05) is 0 Å². The van der Waals surface area contributed by atoms with Gasteiger partial charge in [-0.15, -0.1) is 0 Å². The van der Waals surface area contributed by atoms with Crippen LogP contribution in [0.2, 0.25) is 26.2 Å². The third-order valence-corrected chi connectivity index (χ3v) is 6.70. The molecule has 0 aliphatic heterocycles. The first-order valence-electron chi connectivity index (χ1n) is 4.60. The zero-order valence-electron chi connectivity index (χ0n) is 8.77. The van der Waals surface area contributed by atoms with E-state index in [0.717, 1.165) is 0 Å². The predicted octanol–water partition coefficient (Wildman–Crippen LogP) is 2.18. The Hall–Kier alpha value is 0.394. The minimum Gasteiger partial charge on any atom is -0.418 e. The highest BCUT2D eigenvalue weighted by Gasteiger charge is 2.28. The molecule has 0 bridgehead atoms. The SMILES string of the molecule is CCC(C)(O[SiH](C)C)[SiH](C)C. The molecule has 0 aromatic rings. The summed E-state index contributed by atoms with van der Waals surface area (Å²) in [6.07, 6.45) is 1.18. The van der Waals surface area contributed by atoms with Gasteiger partial charge in [-0.3, -0.25) is 0 Å². The number of rotatable bonds is 4. The summed E-state index contributed by atoms with van der Waals surface area (Å²) < 4.78 is 6.05. The van der Waals surface area contributed by atoms with Gasteiger partial charge in [0.25, 0.3) is 0 Å². The maximum Gasteiger partial charge on any atom is 0.171 e. The first-order chi connectivity index (χ1) is 4.92. The van der Waals surface area contributed by atoms with E-state index in [2.05, 4.69) is 40.0 Å². The van der Waals surface area contributed by atoms with Crippen LogP contribution < -0.4 is 0 Å². The van der Waals surface area contributed by atoms with Gasteiger partial charge in [0.05, 0.1) is 8.80 Å². The highest BCUT2D eigenvalue weighted by atomic mass is 28.3. The van der Waals surface area contributed by atoms with Gasteiger partial charge in [-0.25, -0.2) is 0 Å². The highest BCUT2D eigenvalue weighted by Crippen LogP contribution is 2.19. The molecular formula is C8H22OSi2. The van der Waals surface area contributed by atoms with E-state index >= 15 is 0 Å². The Morgan fingerprint density at radius 1 is 1.18 bits per heavy atom. The quantitative estimate of drug-likeness (QED) is 0.618. The van der Waals surface area contributed by atoms with Gasteiger partial charge >= 0.3 is 0 Å². The van der Waals surface area contributed by atoms with Crippen LogP contribution in [0, 0.1) is 0 Å². The third kappa shape index (κ3) is 3.53. The average molecular weight is 190 g/mol. The van der Waals surface area contributed by atoms with Gasteiger partial charge < -0.3 is 4.43 Å². The monoisotopic (exact) mass is 190 g/mol. The van der Waals surface area contributed by atoms with Crippen LogP contribution in [-0.4, -0.2) is 23.1 Å². The normalized spacial score (nSPS) is 17.5. The lowest BCUT2D eigenvalue weighted by Crippen LogP contribution is -2.44. The largest absolute Gasteiger partial charge is 0.418 e. The van der Waals surface area contributed by atoms with Crippen LogP contribution in [0.25, 0.3) is 0 Å². The smallest absolute Gasteiger partial charge is 0.171 e. The molecule has 0 N–H and O–H groups in total. The minimum absolute atomic E-state index is 0.264. The van der Waals surface area contributed by atoms with Crippen molar-refractivity contribution in [2.45, 2.75) is 51.7 Å². The molecule has 0 spiro atoms. The second-order valence-electron chi connectivity index (χ2n) is 3.99. The summed E-state index contributed by atoms with van der Waals surface area (Å²) in [4.78, 5) is 0. The second-order valence-corrected chi connectivity index (χ2v) is 9.85. The molecule has 0 aromatic carbocycles. The molecule has 1 atom stereocenters.